The van der Waals surface area contributed by atoms with Crippen molar-refractivity contribution in [3.05, 3.63) is 85.5 Å². The lowest BCUT2D eigenvalue weighted by molar-refractivity contribution is 0.0992. The van der Waals surface area contributed by atoms with Gasteiger partial charge in [0.15, 0.2) is 5.78 Å². The molecular formula is C22H18ClN3OS2. The highest BCUT2D eigenvalue weighted by molar-refractivity contribution is 7.16. The minimum atomic E-state index is 0.0268. The number of aryl methyl sites for hydroxylation is 2. The van der Waals surface area contributed by atoms with Gasteiger partial charge in [0.25, 0.3) is 0 Å². The highest BCUT2D eigenvalue weighted by atomic mass is 35.5. The molecule has 4 aromatic rings. The molecule has 0 unspecified atom stereocenters. The fourth-order valence-electron chi connectivity index (χ4n) is 3.05. The Morgan fingerprint density at radius 2 is 2.00 bits per heavy atom. The molecule has 0 saturated heterocycles. The molecule has 4 nitrogen and oxygen atoms in total. The van der Waals surface area contributed by atoms with Crippen molar-refractivity contribution in [2.24, 2.45) is 0 Å². The van der Waals surface area contributed by atoms with Crippen molar-refractivity contribution in [2.75, 3.05) is 0 Å². The molecule has 146 valence electrons. The molecule has 1 aromatic carbocycles. The zero-order valence-electron chi connectivity index (χ0n) is 16.0. The first-order valence-corrected chi connectivity index (χ1v) is 11.2. The van der Waals surface area contributed by atoms with Crippen molar-refractivity contribution in [3.8, 4) is 10.6 Å². The molecular weight excluding hydrogens is 422 g/mol. The fourth-order valence-corrected chi connectivity index (χ4v) is 5.02. The lowest BCUT2D eigenvalue weighted by Gasteiger charge is -2.03. The SMILES string of the molecule is Cc1nc(C)c(-c2csc(Cc3ccc(C(=O)Cc4cccc(Cl)c4)cn3)n2)s1. The monoisotopic (exact) mass is 439 g/mol. The Bertz CT molecular complexity index is 1170. The molecule has 0 radical (unpaired) electrons. The Hall–Kier alpha value is -2.41. The summed E-state index contributed by atoms with van der Waals surface area (Å²) < 4.78 is 0. The summed E-state index contributed by atoms with van der Waals surface area (Å²) in [4.78, 5) is 27.3. The van der Waals surface area contributed by atoms with E-state index in [1.165, 1.54) is 0 Å². The van der Waals surface area contributed by atoms with Gasteiger partial charge in [-0.3, -0.25) is 9.78 Å². The van der Waals surface area contributed by atoms with E-state index < -0.39 is 0 Å². The van der Waals surface area contributed by atoms with Crippen molar-refractivity contribution in [1.82, 2.24) is 15.0 Å². The third kappa shape index (κ3) is 4.78. The number of hydrogen-bond acceptors (Lipinski definition) is 6. The average Bonchev–Trinajstić information content (AvgIpc) is 3.28. The molecule has 0 amide bonds. The number of carbonyl (C=O) groups is 1. The van der Waals surface area contributed by atoms with Gasteiger partial charge < -0.3 is 0 Å². The van der Waals surface area contributed by atoms with Gasteiger partial charge >= 0.3 is 0 Å². The minimum Gasteiger partial charge on any atom is -0.294 e. The third-order valence-electron chi connectivity index (χ3n) is 4.42. The van der Waals surface area contributed by atoms with Gasteiger partial charge in [-0.05, 0) is 43.7 Å². The lowest BCUT2D eigenvalue weighted by Crippen LogP contribution is -2.05. The quantitative estimate of drug-likeness (QED) is 0.348. The van der Waals surface area contributed by atoms with Crippen molar-refractivity contribution in [3.63, 3.8) is 0 Å². The van der Waals surface area contributed by atoms with Gasteiger partial charge in [0.2, 0.25) is 0 Å². The lowest BCUT2D eigenvalue weighted by atomic mass is 10.0. The Morgan fingerprint density at radius 3 is 2.69 bits per heavy atom. The van der Waals surface area contributed by atoms with E-state index >= 15 is 0 Å². The smallest absolute Gasteiger partial charge is 0.168 e. The molecule has 0 aliphatic carbocycles. The number of nitrogens with zero attached hydrogens (tertiary/aromatic N) is 3. The Morgan fingerprint density at radius 1 is 1.14 bits per heavy atom. The molecule has 29 heavy (non-hydrogen) atoms. The van der Waals surface area contributed by atoms with Crippen molar-refractivity contribution < 1.29 is 4.79 Å². The van der Waals surface area contributed by atoms with E-state index in [4.69, 9.17) is 16.6 Å². The van der Waals surface area contributed by atoms with E-state index in [1.807, 2.05) is 44.2 Å². The van der Waals surface area contributed by atoms with Crippen LogP contribution in [0.4, 0.5) is 0 Å². The Kier molecular flexibility index (Phi) is 5.85. The normalized spacial score (nSPS) is 11.0. The zero-order valence-corrected chi connectivity index (χ0v) is 18.4. The Labute approximate surface area is 182 Å². The second kappa shape index (κ2) is 8.53. The van der Waals surface area contributed by atoms with Gasteiger partial charge in [0, 0.05) is 40.7 Å². The number of hydrogen-bond donors (Lipinski definition) is 0. The average molecular weight is 440 g/mol. The topological polar surface area (TPSA) is 55.7 Å². The van der Waals surface area contributed by atoms with Gasteiger partial charge in [-0.1, -0.05) is 23.7 Å². The van der Waals surface area contributed by atoms with Crippen LogP contribution in [0.2, 0.25) is 5.02 Å². The van der Waals surface area contributed by atoms with Gasteiger partial charge in [0.05, 0.1) is 26.3 Å². The molecule has 0 fully saturated rings. The number of ketones is 1. The summed E-state index contributed by atoms with van der Waals surface area (Å²) in [5, 5.41) is 4.75. The second-order valence-corrected chi connectivity index (χ2v) is 9.30. The number of thiazole rings is 2. The summed E-state index contributed by atoms with van der Waals surface area (Å²) >= 11 is 9.28. The van der Waals surface area contributed by atoms with Crippen LogP contribution in [0.5, 0.6) is 0 Å². The van der Waals surface area contributed by atoms with Crippen LogP contribution in [0.3, 0.4) is 0 Å². The number of benzene rings is 1. The summed E-state index contributed by atoms with van der Waals surface area (Å²) in [6, 6.07) is 11.1. The van der Waals surface area contributed by atoms with E-state index in [1.54, 1.807) is 34.9 Å². The van der Waals surface area contributed by atoms with Gasteiger partial charge in [-0.15, -0.1) is 22.7 Å². The van der Waals surface area contributed by atoms with Crippen molar-refractivity contribution in [1.29, 1.82) is 0 Å². The second-order valence-electron chi connectivity index (χ2n) is 6.72. The van der Waals surface area contributed by atoms with Gasteiger partial charge in [0.1, 0.15) is 0 Å². The number of rotatable bonds is 6. The maximum atomic E-state index is 12.5. The number of Topliss-reactive ketones (excluding diaryl/α,β-unsaturated/α-hetero) is 1. The van der Waals surface area contributed by atoms with Crippen LogP contribution in [-0.2, 0) is 12.8 Å². The summed E-state index contributed by atoms with van der Waals surface area (Å²) in [5.74, 6) is 0.0268. The van der Waals surface area contributed by atoms with Crippen LogP contribution in [0.15, 0.2) is 48.0 Å². The summed E-state index contributed by atoms with van der Waals surface area (Å²) in [5.41, 5.74) is 4.38. The molecule has 0 bridgehead atoms. The van der Waals surface area contributed by atoms with Gasteiger partial charge in [-0.25, -0.2) is 9.97 Å². The van der Waals surface area contributed by atoms with Crippen LogP contribution in [0, 0.1) is 13.8 Å². The molecule has 0 saturated carbocycles. The molecule has 0 N–H and O–H groups in total. The molecule has 0 spiro atoms. The minimum absolute atomic E-state index is 0.0268. The van der Waals surface area contributed by atoms with Crippen molar-refractivity contribution >= 4 is 40.1 Å². The fraction of sp³-hybridized carbons (Fsp3) is 0.182. The maximum absolute atomic E-state index is 12.5. The number of pyridine rings is 1. The predicted molar refractivity (Wildman–Crippen MR) is 119 cm³/mol. The first-order chi connectivity index (χ1) is 14.0. The largest absolute Gasteiger partial charge is 0.294 e. The molecule has 3 aromatic heterocycles. The first-order valence-electron chi connectivity index (χ1n) is 9.09. The summed E-state index contributed by atoms with van der Waals surface area (Å²) in [6.45, 7) is 4.02. The number of aromatic nitrogens is 3. The summed E-state index contributed by atoms with van der Waals surface area (Å²) in [7, 11) is 0. The van der Waals surface area contributed by atoms with Crippen LogP contribution in [0.1, 0.15) is 37.3 Å². The van der Waals surface area contributed by atoms with E-state index in [-0.39, 0.29) is 5.78 Å². The van der Waals surface area contributed by atoms with E-state index in [2.05, 4.69) is 15.3 Å². The molecule has 0 aliphatic rings. The van der Waals surface area contributed by atoms with E-state index in [0.717, 1.165) is 37.5 Å². The number of halogens is 1. The highest BCUT2D eigenvalue weighted by Crippen LogP contribution is 2.31. The molecule has 0 aliphatic heterocycles. The van der Waals surface area contributed by atoms with Gasteiger partial charge in [-0.2, -0.15) is 0 Å². The van der Waals surface area contributed by atoms with Crippen LogP contribution in [0.25, 0.3) is 10.6 Å². The van der Waals surface area contributed by atoms with Crippen LogP contribution in [-0.4, -0.2) is 20.7 Å². The standard InChI is InChI=1S/C22H18ClN3OS2/c1-13-22(29-14(2)25-13)19-12-28-21(26-19)10-18-7-6-16(11-24-18)20(27)9-15-4-3-5-17(23)8-15/h3-8,11-12H,9-10H2,1-2H3. The van der Waals surface area contributed by atoms with E-state index in [9.17, 15) is 4.79 Å². The summed E-state index contributed by atoms with van der Waals surface area (Å²) in [6.07, 6.45) is 2.60. The van der Waals surface area contributed by atoms with Crippen molar-refractivity contribution in [2.45, 2.75) is 26.7 Å². The maximum Gasteiger partial charge on any atom is 0.168 e. The van der Waals surface area contributed by atoms with Crippen LogP contribution >= 0.6 is 34.3 Å². The molecule has 4 rings (SSSR count). The predicted octanol–water partition coefficient (Wildman–Crippen LogP) is 5.95. The molecule has 7 heteroatoms. The molecule has 0 atom stereocenters. The Balaban J connectivity index is 1.43. The third-order valence-corrected chi connectivity index (χ3v) is 6.60. The highest BCUT2D eigenvalue weighted by Gasteiger charge is 2.13. The van der Waals surface area contributed by atoms with Crippen LogP contribution < -0.4 is 0 Å². The first kappa shape index (κ1) is 19.9. The van der Waals surface area contributed by atoms with E-state index in [0.29, 0.717) is 23.4 Å². The number of carbonyl (C=O) groups excluding carboxylic acids is 1. The zero-order chi connectivity index (χ0) is 20.4. The molecule has 3 heterocycles.